The topological polar surface area (TPSA) is 54.5 Å². The van der Waals surface area contributed by atoms with Crippen molar-refractivity contribution in [2.75, 3.05) is 25.1 Å². The Morgan fingerprint density at radius 2 is 1.84 bits per heavy atom. The minimum atomic E-state index is -0.0907. The van der Waals surface area contributed by atoms with Crippen molar-refractivity contribution < 1.29 is 9.53 Å². The van der Waals surface area contributed by atoms with Crippen molar-refractivity contribution in [3.8, 4) is 5.75 Å². The van der Waals surface area contributed by atoms with Crippen LogP contribution in [0.3, 0.4) is 0 Å². The fourth-order valence-corrected chi connectivity index (χ4v) is 3.11. The lowest BCUT2D eigenvalue weighted by Crippen LogP contribution is -2.25. The molecular formula is C20H25N3O2. The zero-order valence-corrected chi connectivity index (χ0v) is 14.7. The predicted molar refractivity (Wildman–Crippen MR) is 99.1 cm³/mol. The van der Waals surface area contributed by atoms with Crippen molar-refractivity contribution in [2.24, 2.45) is 0 Å². The molecule has 0 bridgehead atoms. The van der Waals surface area contributed by atoms with E-state index in [1.54, 1.807) is 19.4 Å². The number of ether oxygens (including phenoxy) is 1. The Labute approximate surface area is 149 Å². The van der Waals surface area contributed by atoms with E-state index in [9.17, 15) is 4.79 Å². The number of nitrogens with one attached hydrogen (secondary N) is 1. The molecule has 5 nitrogen and oxygen atoms in total. The van der Waals surface area contributed by atoms with Gasteiger partial charge in [-0.05, 0) is 43.2 Å². The van der Waals surface area contributed by atoms with E-state index in [1.807, 2.05) is 30.3 Å². The number of carbonyl (C=O) groups is 1. The Balaban J connectivity index is 1.58. The summed E-state index contributed by atoms with van der Waals surface area (Å²) >= 11 is 0. The van der Waals surface area contributed by atoms with Crippen molar-refractivity contribution >= 4 is 11.6 Å². The van der Waals surface area contributed by atoms with Crippen LogP contribution >= 0.6 is 0 Å². The summed E-state index contributed by atoms with van der Waals surface area (Å²) < 4.78 is 5.17. The van der Waals surface area contributed by atoms with Crippen molar-refractivity contribution in [3.05, 3.63) is 53.9 Å². The molecule has 0 unspecified atom stereocenters. The van der Waals surface area contributed by atoms with Crippen LogP contribution in [-0.2, 0) is 6.54 Å². The number of aromatic nitrogens is 1. The summed E-state index contributed by atoms with van der Waals surface area (Å²) in [6.07, 6.45) is 6.80. The van der Waals surface area contributed by atoms with E-state index in [0.717, 1.165) is 24.5 Å². The van der Waals surface area contributed by atoms with E-state index in [4.69, 9.17) is 4.74 Å². The molecule has 1 fully saturated rings. The second-order valence-corrected chi connectivity index (χ2v) is 6.32. The number of carbonyl (C=O) groups excluding carboxylic acids is 1. The minimum absolute atomic E-state index is 0.0907. The van der Waals surface area contributed by atoms with Gasteiger partial charge in [-0.25, -0.2) is 0 Å². The van der Waals surface area contributed by atoms with Gasteiger partial charge in [-0.2, -0.15) is 0 Å². The first-order valence-corrected chi connectivity index (χ1v) is 8.88. The highest BCUT2D eigenvalue weighted by molar-refractivity contribution is 5.94. The van der Waals surface area contributed by atoms with Crippen molar-refractivity contribution in [1.82, 2.24) is 10.3 Å². The third kappa shape index (κ3) is 4.72. The summed E-state index contributed by atoms with van der Waals surface area (Å²) in [5.74, 6) is 0.646. The lowest BCUT2D eigenvalue weighted by Gasteiger charge is -2.22. The van der Waals surface area contributed by atoms with E-state index < -0.39 is 0 Å². The molecule has 1 aromatic heterocycles. The Kier molecular flexibility index (Phi) is 5.88. The van der Waals surface area contributed by atoms with Crippen molar-refractivity contribution in [1.29, 1.82) is 0 Å². The van der Waals surface area contributed by atoms with Gasteiger partial charge < -0.3 is 15.0 Å². The first-order chi connectivity index (χ1) is 12.3. The Morgan fingerprint density at radius 3 is 2.52 bits per heavy atom. The number of pyridine rings is 1. The van der Waals surface area contributed by atoms with E-state index >= 15 is 0 Å². The molecule has 0 saturated carbocycles. The maximum atomic E-state index is 12.3. The second-order valence-electron chi connectivity index (χ2n) is 6.32. The number of anilines is 1. The molecule has 25 heavy (non-hydrogen) atoms. The molecule has 1 amide bonds. The summed E-state index contributed by atoms with van der Waals surface area (Å²) in [4.78, 5) is 19.0. The third-order valence-electron chi connectivity index (χ3n) is 4.55. The fraction of sp³-hybridized carbons (Fsp3) is 0.400. The van der Waals surface area contributed by atoms with Gasteiger partial charge >= 0.3 is 0 Å². The van der Waals surface area contributed by atoms with E-state index in [1.165, 1.54) is 31.4 Å². The molecule has 0 spiro atoms. The molecule has 132 valence electrons. The van der Waals surface area contributed by atoms with Gasteiger partial charge in [-0.15, -0.1) is 0 Å². The van der Waals surface area contributed by atoms with Gasteiger partial charge in [0.05, 0.1) is 19.3 Å². The number of methoxy groups -OCH3 is 1. The Morgan fingerprint density at radius 1 is 1.12 bits per heavy atom. The van der Waals surface area contributed by atoms with Crippen LogP contribution in [0.25, 0.3) is 0 Å². The number of amides is 1. The molecule has 1 aliphatic heterocycles. The highest BCUT2D eigenvalue weighted by Crippen LogP contribution is 2.20. The number of hydrogen-bond acceptors (Lipinski definition) is 4. The lowest BCUT2D eigenvalue weighted by atomic mass is 10.1. The van der Waals surface area contributed by atoms with Crippen LogP contribution in [0.4, 0.5) is 5.69 Å². The lowest BCUT2D eigenvalue weighted by molar-refractivity contribution is 0.0950. The van der Waals surface area contributed by atoms with Crippen LogP contribution in [0, 0.1) is 0 Å². The fourth-order valence-electron chi connectivity index (χ4n) is 3.11. The summed E-state index contributed by atoms with van der Waals surface area (Å²) in [5, 5.41) is 2.90. The SMILES string of the molecule is COc1ccnc(CNC(=O)c2ccc(N3CCCCCC3)cc2)c1. The first kappa shape index (κ1) is 17.3. The van der Waals surface area contributed by atoms with Gasteiger partial charge in [-0.3, -0.25) is 9.78 Å². The highest BCUT2D eigenvalue weighted by atomic mass is 16.5. The Hall–Kier alpha value is -2.56. The molecule has 2 heterocycles. The normalized spacial score (nSPS) is 14.7. The number of benzene rings is 1. The van der Waals surface area contributed by atoms with E-state index in [2.05, 4.69) is 15.2 Å². The van der Waals surface area contributed by atoms with E-state index in [0.29, 0.717) is 12.1 Å². The number of hydrogen-bond donors (Lipinski definition) is 1. The average molecular weight is 339 g/mol. The van der Waals surface area contributed by atoms with Gasteiger partial charge in [0, 0.05) is 36.6 Å². The Bertz CT molecular complexity index is 692. The van der Waals surface area contributed by atoms with Gasteiger partial charge in [0.2, 0.25) is 0 Å². The summed E-state index contributed by atoms with van der Waals surface area (Å²) in [6.45, 7) is 2.59. The molecule has 3 rings (SSSR count). The summed E-state index contributed by atoms with van der Waals surface area (Å²) in [7, 11) is 1.61. The maximum Gasteiger partial charge on any atom is 0.251 e. The molecule has 1 aliphatic rings. The highest BCUT2D eigenvalue weighted by Gasteiger charge is 2.11. The summed E-state index contributed by atoms with van der Waals surface area (Å²) in [5.41, 5.74) is 2.64. The predicted octanol–water partition coefficient (Wildman–Crippen LogP) is 3.40. The molecule has 0 atom stereocenters. The number of nitrogens with zero attached hydrogens (tertiary/aromatic N) is 2. The molecule has 1 N–H and O–H groups in total. The van der Waals surface area contributed by atoms with Crippen LogP contribution in [0.2, 0.25) is 0 Å². The van der Waals surface area contributed by atoms with Crippen LogP contribution in [-0.4, -0.2) is 31.1 Å². The maximum absolute atomic E-state index is 12.3. The first-order valence-electron chi connectivity index (χ1n) is 8.88. The van der Waals surface area contributed by atoms with E-state index in [-0.39, 0.29) is 5.91 Å². The van der Waals surface area contributed by atoms with Crippen molar-refractivity contribution in [3.63, 3.8) is 0 Å². The van der Waals surface area contributed by atoms with Crippen LogP contribution in [0.1, 0.15) is 41.7 Å². The van der Waals surface area contributed by atoms with Gasteiger partial charge in [0.1, 0.15) is 5.75 Å². The van der Waals surface area contributed by atoms with Gasteiger partial charge in [0.15, 0.2) is 0 Å². The van der Waals surface area contributed by atoms with Gasteiger partial charge in [0.25, 0.3) is 5.91 Å². The molecule has 1 aromatic carbocycles. The molecule has 1 saturated heterocycles. The molecule has 0 radical (unpaired) electrons. The number of rotatable bonds is 5. The second kappa shape index (κ2) is 8.51. The molecular weight excluding hydrogens is 314 g/mol. The molecule has 0 aliphatic carbocycles. The smallest absolute Gasteiger partial charge is 0.251 e. The largest absolute Gasteiger partial charge is 0.497 e. The van der Waals surface area contributed by atoms with Crippen LogP contribution < -0.4 is 15.0 Å². The monoisotopic (exact) mass is 339 g/mol. The van der Waals surface area contributed by atoms with Crippen LogP contribution in [0.15, 0.2) is 42.6 Å². The minimum Gasteiger partial charge on any atom is -0.497 e. The quantitative estimate of drug-likeness (QED) is 0.907. The molecule has 5 heteroatoms. The zero-order valence-electron chi connectivity index (χ0n) is 14.7. The standard InChI is InChI=1S/C20H25N3O2/c1-25-19-10-11-21-17(14-19)15-22-20(24)16-6-8-18(9-7-16)23-12-4-2-3-5-13-23/h6-11,14H,2-5,12-13,15H2,1H3,(H,22,24). The van der Waals surface area contributed by atoms with Crippen molar-refractivity contribution in [2.45, 2.75) is 32.2 Å². The van der Waals surface area contributed by atoms with Gasteiger partial charge in [-0.1, -0.05) is 12.8 Å². The summed E-state index contributed by atoms with van der Waals surface area (Å²) in [6, 6.07) is 11.5. The third-order valence-corrected chi connectivity index (χ3v) is 4.55. The molecule has 2 aromatic rings. The van der Waals surface area contributed by atoms with Crippen LogP contribution in [0.5, 0.6) is 5.75 Å². The average Bonchev–Trinajstić information content (AvgIpc) is 2.96. The zero-order chi connectivity index (χ0) is 17.5.